The number of benzene rings is 3. The Labute approximate surface area is 166 Å². The van der Waals surface area contributed by atoms with Crippen LogP contribution in [0.4, 0.5) is 0 Å². The lowest BCUT2D eigenvalue weighted by atomic mass is 10.1. The second-order valence-corrected chi connectivity index (χ2v) is 6.71. The maximum Gasteiger partial charge on any atom is 0.277 e. The summed E-state index contributed by atoms with van der Waals surface area (Å²) in [5, 5.41) is 6.20. The van der Waals surface area contributed by atoms with Gasteiger partial charge in [0.2, 0.25) is 0 Å². The van der Waals surface area contributed by atoms with Crippen LogP contribution in [0, 0.1) is 0 Å². The van der Waals surface area contributed by atoms with Gasteiger partial charge in [-0.3, -0.25) is 4.79 Å². The van der Waals surface area contributed by atoms with E-state index < -0.39 is 0 Å². The minimum atomic E-state index is -0.317. The molecule has 1 amide bonds. The molecule has 0 unspecified atom stereocenters. The van der Waals surface area contributed by atoms with E-state index in [0.717, 1.165) is 20.8 Å². The molecule has 136 valence electrons. The highest BCUT2D eigenvalue weighted by Gasteiger charge is 2.08. The van der Waals surface area contributed by atoms with Crippen LogP contribution in [0.1, 0.15) is 12.5 Å². The number of ether oxygens (including phenoxy) is 1. The third-order valence-corrected chi connectivity index (χ3v) is 4.68. The van der Waals surface area contributed by atoms with Gasteiger partial charge in [-0.05, 0) is 51.3 Å². The smallest absolute Gasteiger partial charge is 0.277 e. The number of carbonyl (C=O) groups excluding carboxylic acids is 1. The van der Waals surface area contributed by atoms with E-state index >= 15 is 0 Å². The molecule has 0 fully saturated rings. The number of hydrazone groups is 1. The number of fused-ring (bicyclic) bond motifs is 1. The molecule has 3 rings (SSSR count). The summed E-state index contributed by atoms with van der Waals surface area (Å²) in [6.45, 7) is 1.70. The first-order valence-electron chi connectivity index (χ1n) is 8.50. The molecule has 0 aliphatic heterocycles. The second-order valence-electron chi connectivity index (χ2n) is 5.92. The highest BCUT2D eigenvalue weighted by Crippen LogP contribution is 2.32. The number of nitrogens with one attached hydrogen (secondary N) is 1. The molecule has 0 aliphatic rings. The van der Waals surface area contributed by atoms with Crippen molar-refractivity contribution in [2.45, 2.75) is 6.92 Å². The fourth-order valence-corrected chi connectivity index (χ4v) is 3.08. The molecular formula is C22H19BrN2O2. The third kappa shape index (κ3) is 5.28. The first-order chi connectivity index (χ1) is 13.1. The van der Waals surface area contributed by atoms with Gasteiger partial charge in [-0.15, -0.1) is 0 Å². The van der Waals surface area contributed by atoms with Crippen molar-refractivity contribution < 1.29 is 9.53 Å². The summed E-state index contributed by atoms with van der Waals surface area (Å²) in [4.78, 5) is 12.0. The molecule has 0 saturated heterocycles. The van der Waals surface area contributed by atoms with E-state index in [1.165, 1.54) is 0 Å². The predicted molar refractivity (Wildman–Crippen MR) is 114 cm³/mol. The number of amides is 1. The van der Waals surface area contributed by atoms with E-state index in [9.17, 15) is 4.79 Å². The van der Waals surface area contributed by atoms with Crippen LogP contribution >= 0.6 is 15.9 Å². The Morgan fingerprint density at radius 1 is 1.07 bits per heavy atom. The third-order valence-electron chi connectivity index (χ3n) is 3.86. The van der Waals surface area contributed by atoms with Crippen molar-refractivity contribution in [3.63, 3.8) is 0 Å². The van der Waals surface area contributed by atoms with Gasteiger partial charge >= 0.3 is 0 Å². The molecule has 3 aromatic rings. The van der Waals surface area contributed by atoms with Gasteiger partial charge in [0.15, 0.2) is 6.61 Å². The number of allylic oxidation sites excluding steroid dienone is 1. The van der Waals surface area contributed by atoms with E-state index in [2.05, 4.69) is 26.5 Å². The van der Waals surface area contributed by atoms with Gasteiger partial charge in [-0.25, -0.2) is 5.43 Å². The SMILES string of the molecule is CC(C=Cc1ccccc1)=NNC(=O)COc1ccc2ccccc2c1Br. The van der Waals surface area contributed by atoms with Crippen LogP contribution in [0.25, 0.3) is 16.8 Å². The van der Waals surface area contributed by atoms with Gasteiger partial charge in [-0.2, -0.15) is 5.10 Å². The zero-order valence-corrected chi connectivity index (χ0v) is 16.4. The summed E-state index contributed by atoms with van der Waals surface area (Å²) in [6.07, 6.45) is 3.78. The normalized spacial score (nSPS) is 11.7. The summed E-state index contributed by atoms with van der Waals surface area (Å²) < 4.78 is 6.45. The lowest BCUT2D eigenvalue weighted by Crippen LogP contribution is -2.25. The predicted octanol–water partition coefficient (Wildman–Crippen LogP) is 5.19. The summed E-state index contributed by atoms with van der Waals surface area (Å²) >= 11 is 3.54. The summed E-state index contributed by atoms with van der Waals surface area (Å²) in [7, 11) is 0. The van der Waals surface area contributed by atoms with Crippen LogP contribution in [0.5, 0.6) is 5.75 Å². The minimum absolute atomic E-state index is 0.115. The quantitative estimate of drug-likeness (QED) is 0.439. The lowest BCUT2D eigenvalue weighted by molar-refractivity contribution is -0.123. The van der Waals surface area contributed by atoms with Gasteiger partial charge in [0, 0.05) is 0 Å². The Morgan fingerprint density at radius 2 is 1.81 bits per heavy atom. The fraction of sp³-hybridized carbons (Fsp3) is 0.0909. The summed E-state index contributed by atoms with van der Waals surface area (Å²) in [5.74, 6) is 0.302. The van der Waals surface area contributed by atoms with Gasteiger partial charge in [0.25, 0.3) is 5.91 Å². The zero-order valence-electron chi connectivity index (χ0n) is 14.9. The molecule has 27 heavy (non-hydrogen) atoms. The molecule has 4 nitrogen and oxygen atoms in total. The van der Waals surface area contributed by atoms with E-state index in [1.807, 2.05) is 85.8 Å². The lowest BCUT2D eigenvalue weighted by Gasteiger charge is -2.09. The Bertz CT molecular complexity index is 998. The van der Waals surface area contributed by atoms with E-state index in [-0.39, 0.29) is 12.5 Å². The van der Waals surface area contributed by atoms with Crippen molar-refractivity contribution in [2.75, 3.05) is 6.61 Å². The molecule has 0 aliphatic carbocycles. The van der Waals surface area contributed by atoms with Crippen molar-refractivity contribution >= 4 is 44.4 Å². The Hall–Kier alpha value is -2.92. The van der Waals surface area contributed by atoms with Crippen LogP contribution in [-0.4, -0.2) is 18.2 Å². The molecule has 3 aromatic carbocycles. The topological polar surface area (TPSA) is 50.7 Å². The standard InChI is InChI=1S/C22H19BrN2O2/c1-16(11-12-17-7-3-2-4-8-17)24-25-21(26)15-27-20-14-13-18-9-5-6-10-19(18)22(20)23/h2-14H,15H2,1H3,(H,25,26). The highest BCUT2D eigenvalue weighted by molar-refractivity contribution is 9.10. The van der Waals surface area contributed by atoms with Crippen LogP contribution in [0.3, 0.4) is 0 Å². The van der Waals surface area contributed by atoms with Crippen molar-refractivity contribution in [3.8, 4) is 5.75 Å². The Morgan fingerprint density at radius 3 is 2.63 bits per heavy atom. The van der Waals surface area contributed by atoms with Gasteiger partial charge in [0.1, 0.15) is 5.75 Å². The number of nitrogens with zero attached hydrogens (tertiary/aromatic N) is 1. The number of carbonyl (C=O) groups is 1. The molecule has 0 bridgehead atoms. The largest absolute Gasteiger partial charge is 0.483 e. The molecule has 0 atom stereocenters. The van der Waals surface area contributed by atoms with Crippen molar-refractivity contribution in [1.29, 1.82) is 0 Å². The molecular weight excluding hydrogens is 404 g/mol. The van der Waals surface area contributed by atoms with Gasteiger partial charge in [0.05, 0.1) is 10.2 Å². The van der Waals surface area contributed by atoms with Crippen LogP contribution in [0.2, 0.25) is 0 Å². The van der Waals surface area contributed by atoms with Crippen molar-refractivity contribution in [1.82, 2.24) is 5.43 Å². The molecule has 5 heteroatoms. The van der Waals surface area contributed by atoms with Crippen LogP contribution < -0.4 is 10.2 Å². The molecule has 1 N–H and O–H groups in total. The average Bonchev–Trinajstić information content (AvgIpc) is 2.71. The average molecular weight is 423 g/mol. The van der Waals surface area contributed by atoms with Crippen LogP contribution in [0.15, 0.2) is 82.4 Å². The highest BCUT2D eigenvalue weighted by atomic mass is 79.9. The number of rotatable bonds is 6. The van der Waals surface area contributed by atoms with Crippen LogP contribution in [-0.2, 0) is 4.79 Å². The molecule has 0 spiro atoms. The van der Waals surface area contributed by atoms with Crippen molar-refractivity contribution in [2.24, 2.45) is 5.10 Å². The Balaban J connectivity index is 1.55. The number of hydrogen-bond acceptors (Lipinski definition) is 3. The first kappa shape index (κ1) is 18.9. The fourth-order valence-electron chi connectivity index (χ4n) is 2.47. The molecule has 0 saturated carbocycles. The molecule has 0 radical (unpaired) electrons. The molecule has 0 heterocycles. The molecule has 0 aromatic heterocycles. The Kier molecular flexibility index (Phi) is 6.39. The minimum Gasteiger partial charge on any atom is -0.483 e. The second kappa shape index (κ2) is 9.14. The summed E-state index contributed by atoms with van der Waals surface area (Å²) in [6, 6.07) is 21.7. The number of halogens is 1. The van der Waals surface area contributed by atoms with Gasteiger partial charge < -0.3 is 4.74 Å². The van der Waals surface area contributed by atoms with E-state index in [1.54, 1.807) is 0 Å². The van der Waals surface area contributed by atoms with Crippen molar-refractivity contribution in [3.05, 3.63) is 82.8 Å². The number of hydrogen-bond donors (Lipinski definition) is 1. The first-order valence-corrected chi connectivity index (χ1v) is 9.29. The van der Waals surface area contributed by atoms with E-state index in [0.29, 0.717) is 11.5 Å². The summed E-state index contributed by atoms with van der Waals surface area (Å²) in [5.41, 5.74) is 4.27. The zero-order chi connectivity index (χ0) is 19.1. The monoisotopic (exact) mass is 422 g/mol. The van der Waals surface area contributed by atoms with Gasteiger partial charge in [-0.1, -0.05) is 66.7 Å². The maximum absolute atomic E-state index is 12.0. The maximum atomic E-state index is 12.0. The van der Waals surface area contributed by atoms with E-state index in [4.69, 9.17) is 4.74 Å².